The first-order chi connectivity index (χ1) is 8.19. The zero-order valence-electron chi connectivity index (χ0n) is 11.3. The summed E-state index contributed by atoms with van der Waals surface area (Å²) in [6, 6.07) is 0.610. The van der Waals surface area contributed by atoms with Crippen molar-refractivity contribution in [2.45, 2.75) is 52.6 Å². The molecule has 1 N–H and O–H groups in total. The molecule has 1 saturated carbocycles. The van der Waals surface area contributed by atoms with Crippen molar-refractivity contribution >= 4 is 0 Å². The molecule has 1 fully saturated rings. The average Bonchev–Trinajstić information content (AvgIpc) is 2.72. The first-order valence-corrected chi connectivity index (χ1v) is 6.93. The monoisotopic (exact) mass is 235 g/mol. The van der Waals surface area contributed by atoms with E-state index < -0.39 is 0 Å². The fourth-order valence-electron chi connectivity index (χ4n) is 2.55. The summed E-state index contributed by atoms with van der Waals surface area (Å²) in [5.41, 5.74) is 1.41. The predicted molar refractivity (Wildman–Crippen MR) is 71.0 cm³/mol. The van der Waals surface area contributed by atoms with Gasteiger partial charge in [0.05, 0.1) is 6.20 Å². The molecule has 96 valence electrons. The van der Waals surface area contributed by atoms with Crippen LogP contribution in [0.1, 0.15) is 39.2 Å². The molecular weight excluding hydrogens is 210 g/mol. The minimum Gasteiger partial charge on any atom is -0.314 e. The fourth-order valence-corrected chi connectivity index (χ4v) is 2.55. The summed E-state index contributed by atoms with van der Waals surface area (Å²) in [5, 5.41) is 7.91. The van der Waals surface area contributed by atoms with Gasteiger partial charge in [-0.3, -0.25) is 4.68 Å². The van der Waals surface area contributed by atoms with Crippen LogP contribution in [-0.4, -0.2) is 22.4 Å². The molecule has 1 aromatic heterocycles. The van der Waals surface area contributed by atoms with Crippen LogP contribution in [0.25, 0.3) is 0 Å². The Bertz CT molecular complexity index is 343. The average molecular weight is 235 g/mol. The summed E-state index contributed by atoms with van der Waals surface area (Å²) < 4.78 is 2.02. The molecule has 2 unspecified atom stereocenters. The minimum absolute atomic E-state index is 0.610. The standard InChI is InChI=1S/C14H25N3/c1-4-17-10-12(8-16-17)7-13-5-6-14(13)9-15-11(2)3/h8,10-11,13-15H,4-7,9H2,1-3H3. The third-order valence-corrected chi connectivity index (χ3v) is 3.87. The Morgan fingerprint density at radius 1 is 1.41 bits per heavy atom. The summed E-state index contributed by atoms with van der Waals surface area (Å²) in [6.07, 6.45) is 8.23. The van der Waals surface area contributed by atoms with Gasteiger partial charge in [-0.25, -0.2) is 0 Å². The molecule has 3 heteroatoms. The smallest absolute Gasteiger partial charge is 0.0521 e. The molecule has 0 amide bonds. The van der Waals surface area contributed by atoms with E-state index in [0.717, 1.165) is 18.4 Å². The van der Waals surface area contributed by atoms with Gasteiger partial charge < -0.3 is 5.32 Å². The Morgan fingerprint density at radius 2 is 2.18 bits per heavy atom. The van der Waals surface area contributed by atoms with Gasteiger partial charge in [0, 0.05) is 18.8 Å². The van der Waals surface area contributed by atoms with Gasteiger partial charge in [-0.1, -0.05) is 13.8 Å². The van der Waals surface area contributed by atoms with E-state index in [0.29, 0.717) is 6.04 Å². The van der Waals surface area contributed by atoms with Gasteiger partial charge in [0.25, 0.3) is 0 Å². The highest BCUT2D eigenvalue weighted by atomic mass is 15.3. The van der Waals surface area contributed by atoms with Crippen molar-refractivity contribution in [3.63, 3.8) is 0 Å². The highest BCUT2D eigenvalue weighted by Crippen LogP contribution is 2.36. The molecule has 1 aliphatic rings. The SMILES string of the molecule is CCn1cc(CC2CCC2CNC(C)C)cn1. The normalized spacial score (nSPS) is 24.0. The van der Waals surface area contributed by atoms with Gasteiger partial charge in [-0.2, -0.15) is 5.10 Å². The van der Waals surface area contributed by atoms with E-state index in [4.69, 9.17) is 0 Å². The molecular formula is C14H25N3. The Hall–Kier alpha value is -0.830. The van der Waals surface area contributed by atoms with Crippen molar-refractivity contribution in [2.24, 2.45) is 11.8 Å². The van der Waals surface area contributed by atoms with Gasteiger partial charge in [0.1, 0.15) is 0 Å². The molecule has 1 aliphatic carbocycles. The van der Waals surface area contributed by atoms with Gasteiger partial charge in [0.15, 0.2) is 0 Å². The largest absolute Gasteiger partial charge is 0.314 e. The molecule has 1 heterocycles. The number of aromatic nitrogens is 2. The van der Waals surface area contributed by atoms with E-state index in [1.165, 1.54) is 31.4 Å². The molecule has 17 heavy (non-hydrogen) atoms. The van der Waals surface area contributed by atoms with Crippen molar-refractivity contribution in [3.8, 4) is 0 Å². The lowest BCUT2D eigenvalue weighted by molar-refractivity contribution is 0.168. The lowest BCUT2D eigenvalue weighted by Gasteiger charge is -2.37. The fraction of sp³-hybridized carbons (Fsp3) is 0.786. The third kappa shape index (κ3) is 3.32. The molecule has 0 aromatic carbocycles. The maximum atomic E-state index is 4.35. The van der Waals surface area contributed by atoms with Crippen molar-refractivity contribution < 1.29 is 0 Å². The maximum absolute atomic E-state index is 4.35. The van der Waals surface area contributed by atoms with Crippen molar-refractivity contribution in [2.75, 3.05) is 6.54 Å². The first-order valence-electron chi connectivity index (χ1n) is 6.93. The van der Waals surface area contributed by atoms with Crippen molar-refractivity contribution in [1.82, 2.24) is 15.1 Å². The Balaban J connectivity index is 1.79. The van der Waals surface area contributed by atoms with Gasteiger partial charge >= 0.3 is 0 Å². The van der Waals surface area contributed by atoms with Crippen molar-refractivity contribution in [3.05, 3.63) is 18.0 Å². The zero-order chi connectivity index (χ0) is 12.3. The lowest BCUT2D eigenvalue weighted by atomic mass is 9.71. The molecule has 0 aliphatic heterocycles. The van der Waals surface area contributed by atoms with Crippen LogP contribution in [0.4, 0.5) is 0 Å². The second-order valence-electron chi connectivity index (χ2n) is 5.57. The topological polar surface area (TPSA) is 29.9 Å². The number of hydrogen-bond acceptors (Lipinski definition) is 2. The molecule has 1 aromatic rings. The summed E-state index contributed by atoms with van der Waals surface area (Å²) in [7, 11) is 0. The van der Waals surface area contributed by atoms with Crippen LogP contribution >= 0.6 is 0 Å². The van der Waals surface area contributed by atoms with Crippen molar-refractivity contribution in [1.29, 1.82) is 0 Å². The zero-order valence-corrected chi connectivity index (χ0v) is 11.3. The first kappa shape index (κ1) is 12.6. The number of nitrogens with zero attached hydrogens (tertiary/aromatic N) is 2. The third-order valence-electron chi connectivity index (χ3n) is 3.87. The Kier molecular flexibility index (Phi) is 4.21. The molecule has 2 atom stereocenters. The molecule has 0 spiro atoms. The van der Waals surface area contributed by atoms with Crippen LogP contribution in [0.15, 0.2) is 12.4 Å². The van der Waals surface area contributed by atoms with E-state index in [1.807, 2.05) is 10.9 Å². The van der Waals surface area contributed by atoms with E-state index in [-0.39, 0.29) is 0 Å². The summed E-state index contributed by atoms with van der Waals surface area (Å²) >= 11 is 0. The summed E-state index contributed by atoms with van der Waals surface area (Å²) in [5.74, 6) is 1.75. The molecule has 2 rings (SSSR count). The number of nitrogens with one attached hydrogen (secondary N) is 1. The molecule has 0 saturated heterocycles. The van der Waals surface area contributed by atoms with Gasteiger partial charge in [-0.15, -0.1) is 0 Å². The van der Waals surface area contributed by atoms with E-state index >= 15 is 0 Å². The molecule has 0 bridgehead atoms. The van der Waals surface area contributed by atoms with Crippen LogP contribution in [0.2, 0.25) is 0 Å². The van der Waals surface area contributed by atoms with Crippen LogP contribution in [-0.2, 0) is 13.0 Å². The summed E-state index contributed by atoms with van der Waals surface area (Å²) in [4.78, 5) is 0. The van der Waals surface area contributed by atoms with E-state index in [2.05, 4.69) is 37.4 Å². The maximum Gasteiger partial charge on any atom is 0.0521 e. The minimum atomic E-state index is 0.610. The summed E-state index contributed by atoms with van der Waals surface area (Å²) in [6.45, 7) is 8.74. The lowest BCUT2D eigenvalue weighted by Crippen LogP contribution is -2.38. The number of rotatable bonds is 6. The van der Waals surface area contributed by atoms with Crippen LogP contribution in [0.5, 0.6) is 0 Å². The second-order valence-corrected chi connectivity index (χ2v) is 5.57. The van der Waals surface area contributed by atoms with E-state index in [9.17, 15) is 0 Å². The second kappa shape index (κ2) is 5.67. The highest BCUT2D eigenvalue weighted by Gasteiger charge is 2.30. The van der Waals surface area contributed by atoms with Gasteiger partial charge in [0.2, 0.25) is 0 Å². The number of hydrogen-bond donors (Lipinski definition) is 1. The predicted octanol–water partition coefficient (Wildman–Crippen LogP) is 2.47. The van der Waals surface area contributed by atoms with Crippen LogP contribution in [0.3, 0.4) is 0 Å². The highest BCUT2D eigenvalue weighted by molar-refractivity contribution is 5.07. The number of aryl methyl sites for hydroxylation is 1. The van der Waals surface area contributed by atoms with Crippen LogP contribution < -0.4 is 5.32 Å². The van der Waals surface area contributed by atoms with Crippen LogP contribution in [0, 0.1) is 11.8 Å². The Morgan fingerprint density at radius 3 is 2.71 bits per heavy atom. The molecule has 3 nitrogen and oxygen atoms in total. The molecule has 0 radical (unpaired) electrons. The van der Waals surface area contributed by atoms with E-state index in [1.54, 1.807) is 0 Å². The quantitative estimate of drug-likeness (QED) is 0.821. The van der Waals surface area contributed by atoms with Gasteiger partial charge in [-0.05, 0) is 50.1 Å². The Labute approximate surface area is 105 Å².